The van der Waals surface area contributed by atoms with Crippen LogP contribution in [0, 0.1) is 0 Å². The van der Waals surface area contributed by atoms with Gasteiger partial charge in [0.15, 0.2) is 0 Å². The molecule has 1 atom stereocenters. The standard InChI is InChI=1S/C6H6Cl2O7/c7-6(8,4(13)14)5(15,3(11)12)1-2(9)10/h15H,1H2,(H,9,10)(H,11,12)(H,13,14). The highest BCUT2D eigenvalue weighted by Gasteiger charge is 2.61. The maximum atomic E-state index is 10.6. The Morgan fingerprint density at radius 1 is 1.00 bits per heavy atom. The molecule has 0 aromatic carbocycles. The van der Waals surface area contributed by atoms with Crippen molar-refractivity contribution in [3.05, 3.63) is 0 Å². The highest BCUT2D eigenvalue weighted by molar-refractivity contribution is 6.59. The molecule has 0 saturated heterocycles. The van der Waals surface area contributed by atoms with Crippen molar-refractivity contribution in [3.8, 4) is 0 Å². The van der Waals surface area contributed by atoms with Crippen molar-refractivity contribution < 1.29 is 34.8 Å². The van der Waals surface area contributed by atoms with Crippen LogP contribution in [-0.2, 0) is 14.4 Å². The van der Waals surface area contributed by atoms with Gasteiger partial charge in [-0.1, -0.05) is 23.2 Å². The second-order valence-corrected chi connectivity index (χ2v) is 3.94. The molecule has 0 aromatic heterocycles. The van der Waals surface area contributed by atoms with Gasteiger partial charge in [0.25, 0.3) is 4.33 Å². The predicted molar refractivity (Wildman–Crippen MR) is 46.9 cm³/mol. The van der Waals surface area contributed by atoms with Crippen molar-refractivity contribution in [2.24, 2.45) is 0 Å². The molecule has 0 aliphatic rings. The normalized spacial score (nSPS) is 15.4. The maximum absolute atomic E-state index is 10.6. The molecule has 0 saturated carbocycles. The number of rotatable bonds is 5. The molecule has 0 rings (SSSR count). The van der Waals surface area contributed by atoms with Crippen molar-refractivity contribution in [3.63, 3.8) is 0 Å². The summed E-state index contributed by atoms with van der Waals surface area (Å²) in [6, 6.07) is 0. The minimum atomic E-state index is -3.31. The first-order valence-electron chi connectivity index (χ1n) is 3.34. The van der Waals surface area contributed by atoms with E-state index in [1.807, 2.05) is 0 Å². The van der Waals surface area contributed by atoms with Crippen molar-refractivity contribution in [1.29, 1.82) is 0 Å². The maximum Gasteiger partial charge on any atom is 0.343 e. The van der Waals surface area contributed by atoms with Crippen LogP contribution < -0.4 is 0 Å². The third-order valence-corrected chi connectivity index (χ3v) is 2.50. The third kappa shape index (κ3) is 2.49. The zero-order chi connectivity index (χ0) is 12.4. The molecular weight excluding hydrogens is 255 g/mol. The lowest BCUT2D eigenvalue weighted by Gasteiger charge is -2.30. The topological polar surface area (TPSA) is 132 Å². The van der Waals surface area contributed by atoms with Crippen LogP contribution in [0.1, 0.15) is 6.42 Å². The first kappa shape index (κ1) is 13.9. The monoisotopic (exact) mass is 260 g/mol. The van der Waals surface area contributed by atoms with Gasteiger partial charge in [-0.2, -0.15) is 0 Å². The van der Waals surface area contributed by atoms with Crippen LogP contribution >= 0.6 is 23.2 Å². The van der Waals surface area contributed by atoms with Gasteiger partial charge in [-0.25, -0.2) is 9.59 Å². The first-order valence-corrected chi connectivity index (χ1v) is 4.10. The van der Waals surface area contributed by atoms with Crippen LogP contribution in [-0.4, -0.2) is 48.3 Å². The number of carboxylic acid groups (broad SMARTS) is 3. The summed E-state index contributed by atoms with van der Waals surface area (Å²) in [5, 5.41) is 34.6. The molecule has 1 unspecified atom stereocenters. The summed E-state index contributed by atoms with van der Waals surface area (Å²) in [7, 11) is 0. The lowest BCUT2D eigenvalue weighted by Crippen LogP contribution is -2.58. The second-order valence-electron chi connectivity index (χ2n) is 2.62. The number of carboxylic acids is 3. The lowest BCUT2D eigenvalue weighted by atomic mass is 9.94. The van der Waals surface area contributed by atoms with Crippen LogP contribution in [0.25, 0.3) is 0 Å². The Labute approximate surface area is 92.8 Å². The Morgan fingerprint density at radius 2 is 1.40 bits per heavy atom. The van der Waals surface area contributed by atoms with Gasteiger partial charge < -0.3 is 20.4 Å². The van der Waals surface area contributed by atoms with Gasteiger partial charge in [0, 0.05) is 0 Å². The summed E-state index contributed by atoms with van der Waals surface area (Å²) in [6.07, 6.45) is -1.44. The van der Waals surface area contributed by atoms with E-state index in [-0.39, 0.29) is 0 Å². The average Bonchev–Trinajstić information content (AvgIpc) is 2.01. The first-order chi connectivity index (χ1) is 6.55. The summed E-state index contributed by atoms with van der Waals surface area (Å²) in [6.45, 7) is 0. The van der Waals surface area contributed by atoms with E-state index < -0.39 is 34.3 Å². The lowest BCUT2D eigenvalue weighted by molar-refractivity contribution is -0.171. The molecule has 7 nitrogen and oxygen atoms in total. The molecule has 0 heterocycles. The van der Waals surface area contributed by atoms with Crippen molar-refractivity contribution in [2.75, 3.05) is 0 Å². The SMILES string of the molecule is O=C(O)CC(O)(C(=O)O)C(Cl)(Cl)C(=O)O. The van der Waals surface area contributed by atoms with Crippen LogP contribution in [0.15, 0.2) is 0 Å². The van der Waals surface area contributed by atoms with Crippen LogP contribution in [0.4, 0.5) is 0 Å². The molecule has 0 spiro atoms. The molecule has 0 aromatic rings. The van der Waals surface area contributed by atoms with E-state index in [4.69, 9.17) is 38.5 Å². The van der Waals surface area contributed by atoms with Crippen LogP contribution in [0.2, 0.25) is 0 Å². The molecule has 0 fully saturated rings. The zero-order valence-electron chi connectivity index (χ0n) is 6.98. The Balaban J connectivity index is 5.38. The third-order valence-electron chi connectivity index (χ3n) is 1.55. The van der Waals surface area contributed by atoms with Gasteiger partial charge in [-0.15, -0.1) is 0 Å². The molecule has 0 radical (unpaired) electrons. The Hall–Kier alpha value is -1.05. The number of aliphatic hydroxyl groups is 1. The van der Waals surface area contributed by atoms with Crippen molar-refractivity contribution >= 4 is 41.1 Å². The quantitative estimate of drug-likeness (QED) is 0.492. The largest absolute Gasteiger partial charge is 0.481 e. The summed E-state index contributed by atoms with van der Waals surface area (Å²) < 4.78 is -3.16. The number of carbonyl (C=O) groups is 3. The number of hydrogen-bond donors (Lipinski definition) is 4. The summed E-state index contributed by atoms with van der Waals surface area (Å²) in [4.78, 5) is 31.3. The van der Waals surface area contributed by atoms with E-state index in [0.717, 1.165) is 0 Å². The van der Waals surface area contributed by atoms with Gasteiger partial charge in [0.1, 0.15) is 0 Å². The fraction of sp³-hybridized carbons (Fsp3) is 0.500. The predicted octanol–water partition coefficient (Wildman–Crippen LogP) is -0.465. The smallest absolute Gasteiger partial charge is 0.343 e. The Bertz CT molecular complexity index is 313. The number of hydrogen-bond acceptors (Lipinski definition) is 4. The molecule has 9 heteroatoms. The second kappa shape index (κ2) is 4.21. The Kier molecular flexibility index (Phi) is 3.92. The summed E-state index contributed by atoms with van der Waals surface area (Å²) in [5.74, 6) is -5.96. The molecule has 0 aliphatic heterocycles. The zero-order valence-corrected chi connectivity index (χ0v) is 8.49. The molecule has 15 heavy (non-hydrogen) atoms. The minimum absolute atomic E-state index is 1.44. The molecular formula is C6H6Cl2O7. The van der Waals surface area contributed by atoms with Crippen LogP contribution in [0.3, 0.4) is 0 Å². The number of alkyl halides is 2. The van der Waals surface area contributed by atoms with Gasteiger partial charge in [0.2, 0.25) is 5.60 Å². The molecule has 0 bridgehead atoms. The fourth-order valence-corrected chi connectivity index (χ4v) is 1.01. The van der Waals surface area contributed by atoms with E-state index in [1.54, 1.807) is 0 Å². The Morgan fingerprint density at radius 3 is 1.60 bits per heavy atom. The molecule has 86 valence electrons. The highest BCUT2D eigenvalue weighted by Crippen LogP contribution is 2.37. The highest BCUT2D eigenvalue weighted by atomic mass is 35.5. The number of aliphatic carboxylic acids is 3. The molecule has 0 aliphatic carbocycles. The summed E-state index contributed by atoms with van der Waals surface area (Å²) in [5.41, 5.74) is -3.31. The van der Waals surface area contributed by atoms with E-state index in [0.29, 0.717) is 0 Å². The fourth-order valence-electron chi connectivity index (χ4n) is 0.717. The van der Waals surface area contributed by atoms with Crippen molar-refractivity contribution in [1.82, 2.24) is 0 Å². The van der Waals surface area contributed by atoms with Gasteiger partial charge >= 0.3 is 17.9 Å². The average molecular weight is 261 g/mol. The van der Waals surface area contributed by atoms with Crippen molar-refractivity contribution in [2.45, 2.75) is 16.4 Å². The summed E-state index contributed by atoms with van der Waals surface area (Å²) >= 11 is 10.2. The minimum Gasteiger partial charge on any atom is -0.481 e. The van der Waals surface area contributed by atoms with E-state index >= 15 is 0 Å². The van der Waals surface area contributed by atoms with Gasteiger partial charge in [-0.3, -0.25) is 4.79 Å². The molecule has 4 N–H and O–H groups in total. The van der Waals surface area contributed by atoms with Crippen LogP contribution in [0.5, 0.6) is 0 Å². The van der Waals surface area contributed by atoms with E-state index in [9.17, 15) is 19.5 Å². The number of halogens is 2. The molecule has 0 amide bonds. The van der Waals surface area contributed by atoms with E-state index in [1.165, 1.54) is 0 Å². The van der Waals surface area contributed by atoms with Gasteiger partial charge in [-0.05, 0) is 0 Å². The van der Waals surface area contributed by atoms with Gasteiger partial charge in [0.05, 0.1) is 6.42 Å². The van der Waals surface area contributed by atoms with E-state index in [2.05, 4.69) is 0 Å².